The molecule has 0 heterocycles. The number of hydrogen-bond donors (Lipinski definition) is 1. The fourth-order valence-corrected chi connectivity index (χ4v) is 2.35. The quantitative estimate of drug-likeness (QED) is 0.743. The van der Waals surface area contributed by atoms with Gasteiger partial charge in [-0.1, -0.05) is 39.5 Å². The van der Waals surface area contributed by atoms with Gasteiger partial charge in [0.05, 0.1) is 0 Å². The van der Waals surface area contributed by atoms with E-state index in [0.29, 0.717) is 6.42 Å². The van der Waals surface area contributed by atoms with Gasteiger partial charge in [0.25, 0.3) is 0 Å². The van der Waals surface area contributed by atoms with Crippen LogP contribution in [0.3, 0.4) is 0 Å². The summed E-state index contributed by atoms with van der Waals surface area (Å²) >= 11 is 0. The van der Waals surface area contributed by atoms with E-state index in [2.05, 4.69) is 12.2 Å². The minimum Gasteiger partial charge on any atom is -0.356 e. The largest absolute Gasteiger partial charge is 0.356 e. The summed E-state index contributed by atoms with van der Waals surface area (Å²) < 4.78 is 0. The lowest BCUT2D eigenvalue weighted by Crippen LogP contribution is -2.26. The standard InChI is InChI=1S/C13H25NO/c1-3-4-13(15)14-10-9-12-7-5-11(2)6-8-12/h11-12H,3-10H2,1-2H3,(H,14,15). The van der Waals surface area contributed by atoms with Crippen LogP contribution in [0.25, 0.3) is 0 Å². The first kappa shape index (κ1) is 12.5. The summed E-state index contributed by atoms with van der Waals surface area (Å²) in [5.41, 5.74) is 0. The molecule has 0 spiro atoms. The van der Waals surface area contributed by atoms with Gasteiger partial charge >= 0.3 is 0 Å². The fraction of sp³-hybridized carbons (Fsp3) is 0.923. The highest BCUT2D eigenvalue weighted by Gasteiger charge is 2.17. The predicted molar refractivity (Wildman–Crippen MR) is 63.7 cm³/mol. The molecule has 0 aromatic heterocycles. The van der Waals surface area contributed by atoms with Crippen LogP contribution in [0, 0.1) is 11.8 Å². The van der Waals surface area contributed by atoms with Gasteiger partial charge in [-0.05, 0) is 24.7 Å². The van der Waals surface area contributed by atoms with Crippen molar-refractivity contribution >= 4 is 5.91 Å². The average Bonchev–Trinajstić information content (AvgIpc) is 2.21. The van der Waals surface area contributed by atoms with Gasteiger partial charge in [0.1, 0.15) is 0 Å². The van der Waals surface area contributed by atoms with Crippen molar-refractivity contribution in [2.24, 2.45) is 11.8 Å². The zero-order valence-corrected chi connectivity index (χ0v) is 10.2. The number of hydrogen-bond acceptors (Lipinski definition) is 1. The molecule has 1 aliphatic rings. The molecule has 0 saturated heterocycles. The number of nitrogens with one attached hydrogen (secondary N) is 1. The maximum atomic E-state index is 11.2. The van der Waals surface area contributed by atoms with Gasteiger partial charge in [-0.15, -0.1) is 0 Å². The Morgan fingerprint density at radius 3 is 2.53 bits per heavy atom. The van der Waals surface area contributed by atoms with Crippen molar-refractivity contribution in [1.29, 1.82) is 0 Å². The van der Waals surface area contributed by atoms with E-state index in [1.807, 2.05) is 6.92 Å². The van der Waals surface area contributed by atoms with Gasteiger partial charge in [0.2, 0.25) is 5.91 Å². The summed E-state index contributed by atoms with van der Waals surface area (Å²) in [6.07, 6.45) is 8.31. The van der Waals surface area contributed by atoms with E-state index in [1.165, 1.54) is 32.1 Å². The summed E-state index contributed by atoms with van der Waals surface area (Å²) in [5, 5.41) is 3.00. The number of amides is 1. The van der Waals surface area contributed by atoms with E-state index in [9.17, 15) is 4.79 Å². The van der Waals surface area contributed by atoms with Crippen LogP contribution >= 0.6 is 0 Å². The molecule has 88 valence electrons. The summed E-state index contributed by atoms with van der Waals surface area (Å²) in [6.45, 7) is 5.28. The van der Waals surface area contributed by atoms with E-state index in [0.717, 1.165) is 24.8 Å². The van der Waals surface area contributed by atoms with E-state index < -0.39 is 0 Å². The second-order valence-electron chi connectivity index (χ2n) is 5.01. The smallest absolute Gasteiger partial charge is 0.219 e. The maximum Gasteiger partial charge on any atom is 0.219 e. The first-order valence-electron chi connectivity index (χ1n) is 6.49. The van der Waals surface area contributed by atoms with Crippen LogP contribution in [0.4, 0.5) is 0 Å². The highest BCUT2D eigenvalue weighted by Crippen LogP contribution is 2.29. The SMILES string of the molecule is CCCC(=O)NCCC1CCC(C)CC1. The van der Waals surface area contributed by atoms with Gasteiger partial charge < -0.3 is 5.32 Å². The fourth-order valence-electron chi connectivity index (χ4n) is 2.35. The zero-order valence-electron chi connectivity index (χ0n) is 10.2. The lowest BCUT2D eigenvalue weighted by Gasteiger charge is -2.26. The Hall–Kier alpha value is -0.530. The number of carbonyl (C=O) groups excluding carboxylic acids is 1. The average molecular weight is 211 g/mol. The molecule has 2 nitrogen and oxygen atoms in total. The van der Waals surface area contributed by atoms with Crippen molar-refractivity contribution in [2.45, 2.75) is 58.8 Å². The topological polar surface area (TPSA) is 29.1 Å². The Bertz CT molecular complexity index is 183. The van der Waals surface area contributed by atoms with Crippen LogP contribution in [0.1, 0.15) is 58.8 Å². The van der Waals surface area contributed by atoms with Gasteiger partial charge in [0.15, 0.2) is 0 Å². The zero-order chi connectivity index (χ0) is 11.1. The van der Waals surface area contributed by atoms with Crippen molar-refractivity contribution in [3.05, 3.63) is 0 Å². The molecule has 1 N–H and O–H groups in total. The molecular weight excluding hydrogens is 186 g/mol. The highest BCUT2D eigenvalue weighted by molar-refractivity contribution is 5.75. The van der Waals surface area contributed by atoms with Crippen molar-refractivity contribution in [3.8, 4) is 0 Å². The molecular formula is C13H25NO. The molecule has 1 aliphatic carbocycles. The molecule has 1 amide bonds. The van der Waals surface area contributed by atoms with Crippen LogP contribution in [0.15, 0.2) is 0 Å². The van der Waals surface area contributed by atoms with E-state index in [4.69, 9.17) is 0 Å². The predicted octanol–water partition coefficient (Wildman–Crippen LogP) is 3.12. The molecule has 0 radical (unpaired) electrons. The summed E-state index contributed by atoms with van der Waals surface area (Å²) in [4.78, 5) is 11.2. The van der Waals surface area contributed by atoms with Crippen LogP contribution < -0.4 is 5.32 Å². The minimum absolute atomic E-state index is 0.224. The van der Waals surface area contributed by atoms with Gasteiger partial charge in [-0.25, -0.2) is 0 Å². The Morgan fingerprint density at radius 1 is 1.27 bits per heavy atom. The highest BCUT2D eigenvalue weighted by atomic mass is 16.1. The molecule has 1 rings (SSSR count). The first-order valence-corrected chi connectivity index (χ1v) is 6.49. The molecule has 0 unspecified atom stereocenters. The molecule has 15 heavy (non-hydrogen) atoms. The molecule has 0 atom stereocenters. The van der Waals surface area contributed by atoms with Crippen LogP contribution in [-0.4, -0.2) is 12.5 Å². The Labute approximate surface area is 93.8 Å². The minimum atomic E-state index is 0.224. The molecule has 0 aromatic carbocycles. The molecule has 2 heteroatoms. The normalized spacial score (nSPS) is 26.3. The van der Waals surface area contributed by atoms with Crippen molar-refractivity contribution in [2.75, 3.05) is 6.54 Å². The Balaban J connectivity index is 2.02. The molecule has 0 aromatic rings. The van der Waals surface area contributed by atoms with Gasteiger partial charge in [-0.2, -0.15) is 0 Å². The summed E-state index contributed by atoms with van der Waals surface area (Å²) in [7, 11) is 0. The summed E-state index contributed by atoms with van der Waals surface area (Å²) in [5.74, 6) is 2.01. The lowest BCUT2D eigenvalue weighted by atomic mass is 9.81. The second kappa shape index (κ2) is 6.86. The molecule has 0 aliphatic heterocycles. The molecule has 0 bridgehead atoms. The van der Waals surface area contributed by atoms with Gasteiger partial charge in [0, 0.05) is 13.0 Å². The van der Waals surface area contributed by atoms with E-state index in [1.54, 1.807) is 0 Å². The summed E-state index contributed by atoms with van der Waals surface area (Å²) in [6, 6.07) is 0. The van der Waals surface area contributed by atoms with E-state index in [-0.39, 0.29) is 5.91 Å². The van der Waals surface area contributed by atoms with Crippen molar-refractivity contribution < 1.29 is 4.79 Å². The Kier molecular flexibility index (Phi) is 5.74. The maximum absolute atomic E-state index is 11.2. The van der Waals surface area contributed by atoms with Crippen molar-refractivity contribution in [3.63, 3.8) is 0 Å². The van der Waals surface area contributed by atoms with Crippen molar-refractivity contribution in [1.82, 2.24) is 5.32 Å². The molecule has 1 saturated carbocycles. The Morgan fingerprint density at radius 2 is 1.93 bits per heavy atom. The van der Waals surface area contributed by atoms with Crippen LogP contribution in [0.2, 0.25) is 0 Å². The lowest BCUT2D eigenvalue weighted by molar-refractivity contribution is -0.121. The van der Waals surface area contributed by atoms with E-state index >= 15 is 0 Å². The first-order chi connectivity index (χ1) is 7.22. The second-order valence-corrected chi connectivity index (χ2v) is 5.01. The van der Waals surface area contributed by atoms with Crippen LogP contribution in [0.5, 0.6) is 0 Å². The third-order valence-electron chi connectivity index (χ3n) is 3.49. The number of carbonyl (C=O) groups is 1. The monoisotopic (exact) mass is 211 g/mol. The third-order valence-corrected chi connectivity index (χ3v) is 3.49. The van der Waals surface area contributed by atoms with Crippen LogP contribution in [-0.2, 0) is 4.79 Å². The molecule has 1 fully saturated rings. The van der Waals surface area contributed by atoms with Gasteiger partial charge in [-0.3, -0.25) is 4.79 Å². The third kappa shape index (κ3) is 5.19. The number of rotatable bonds is 5.